The van der Waals surface area contributed by atoms with Crippen molar-refractivity contribution < 1.29 is 9.53 Å². The lowest BCUT2D eigenvalue weighted by molar-refractivity contribution is -0.116. The van der Waals surface area contributed by atoms with Crippen LogP contribution < -0.4 is 0 Å². The van der Waals surface area contributed by atoms with Crippen LogP contribution in [0.1, 0.15) is 13.8 Å². The third-order valence-corrected chi connectivity index (χ3v) is 4.20. The quantitative estimate of drug-likeness (QED) is 0.762. The molecule has 0 radical (unpaired) electrons. The standard InChI is InChI=1S/C14H18N2O2S/c1-10(17)11(2)19-14-15-12-6-4-5-7-13(12)16(14)8-9-18-3/h4-7,11H,8-9H2,1-3H3. The molecule has 2 rings (SSSR count). The Hall–Kier alpha value is -1.33. The van der Waals surface area contributed by atoms with Crippen molar-refractivity contribution in [1.29, 1.82) is 0 Å². The lowest BCUT2D eigenvalue weighted by atomic mass is 10.3. The summed E-state index contributed by atoms with van der Waals surface area (Å²) < 4.78 is 7.26. The zero-order valence-electron chi connectivity index (χ0n) is 11.4. The molecule has 2 aromatic rings. The highest BCUT2D eigenvalue weighted by atomic mass is 32.2. The first-order valence-corrected chi connectivity index (χ1v) is 7.12. The number of hydrogen-bond acceptors (Lipinski definition) is 4. The summed E-state index contributed by atoms with van der Waals surface area (Å²) in [7, 11) is 1.68. The van der Waals surface area contributed by atoms with Crippen LogP contribution in [0.3, 0.4) is 0 Å². The Labute approximate surface area is 117 Å². The lowest BCUT2D eigenvalue weighted by Crippen LogP contribution is -2.11. The second-order valence-electron chi connectivity index (χ2n) is 4.40. The second-order valence-corrected chi connectivity index (χ2v) is 5.71. The fourth-order valence-electron chi connectivity index (χ4n) is 1.78. The molecule has 1 aromatic heterocycles. The van der Waals surface area contributed by atoms with E-state index in [-0.39, 0.29) is 11.0 Å². The van der Waals surface area contributed by atoms with Crippen molar-refractivity contribution in [3.8, 4) is 0 Å². The van der Waals surface area contributed by atoms with E-state index in [1.54, 1.807) is 14.0 Å². The van der Waals surface area contributed by atoms with Gasteiger partial charge in [0.25, 0.3) is 0 Å². The molecule has 19 heavy (non-hydrogen) atoms. The SMILES string of the molecule is COCCn1c(SC(C)C(C)=O)nc2ccccc21. The number of aromatic nitrogens is 2. The van der Waals surface area contributed by atoms with Crippen molar-refractivity contribution in [1.82, 2.24) is 9.55 Å². The molecule has 5 heteroatoms. The fourth-order valence-corrected chi connectivity index (χ4v) is 2.73. The topological polar surface area (TPSA) is 44.1 Å². The minimum absolute atomic E-state index is 0.0851. The molecular weight excluding hydrogens is 260 g/mol. The summed E-state index contributed by atoms with van der Waals surface area (Å²) in [5.41, 5.74) is 2.04. The third kappa shape index (κ3) is 3.16. The molecule has 102 valence electrons. The number of hydrogen-bond donors (Lipinski definition) is 0. The summed E-state index contributed by atoms with van der Waals surface area (Å²) in [4.78, 5) is 16.0. The number of thioether (sulfide) groups is 1. The number of carbonyl (C=O) groups is 1. The molecule has 0 aliphatic heterocycles. The number of para-hydroxylation sites is 2. The number of methoxy groups -OCH3 is 1. The Balaban J connectivity index is 2.37. The molecule has 0 bridgehead atoms. The Kier molecular flexibility index (Phi) is 4.61. The number of ether oxygens (including phenoxy) is 1. The van der Waals surface area contributed by atoms with E-state index >= 15 is 0 Å². The van der Waals surface area contributed by atoms with Crippen LogP contribution in [0, 0.1) is 0 Å². The summed E-state index contributed by atoms with van der Waals surface area (Å²) in [5, 5.41) is 0.791. The molecule has 1 unspecified atom stereocenters. The van der Waals surface area contributed by atoms with Crippen LogP contribution in [-0.4, -0.2) is 34.3 Å². The lowest BCUT2D eigenvalue weighted by Gasteiger charge is -2.10. The number of Topliss-reactive ketones (excluding diaryl/α,β-unsaturated/α-hetero) is 1. The molecule has 0 amide bonds. The molecule has 1 aromatic carbocycles. The van der Waals surface area contributed by atoms with Crippen molar-refractivity contribution in [2.75, 3.05) is 13.7 Å². The van der Waals surface area contributed by atoms with E-state index in [9.17, 15) is 4.79 Å². The molecule has 0 N–H and O–H groups in total. The molecule has 0 aliphatic carbocycles. The summed E-state index contributed by atoms with van der Waals surface area (Å²) in [6, 6.07) is 8.00. The highest BCUT2D eigenvalue weighted by Gasteiger charge is 2.16. The molecule has 1 atom stereocenters. The summed E-state index contributed by atoms with van der Waals surface area (Å²) in [6.07, 6.45) is 0. The van der Waals surface area contributed by atoms with Gasteiger partial charge in [0.1, 0.15) is 5.78 Å². The first-order chi connectivity index (χ1) is 9.13. The molecule has 0 aliphatic rings. The van der Waals surface area contributed by atoms with Crippen molar-refractivity contribution >= 4 is 28.6 Å². The van der Waals surface area contributed by atoms with Crippen molar-refractivity contribution in [2.45, 2.75) is 30.8 Å². The predicted molar refractivity (Wildman–Crippen MR) is 77.6 cm³/mol. The van der Waals surface area contributed by atoms with Crippen molar-refractivity contribution in [3.63, 3.8) is 0 Å². The van der Waals surface area contributed by atoms with Crippen molar-refractivity contribution in [2.24, 2.45) is 0 Å². The maximum Gasteiger partial charge on any atom is 0.169 e. The molecule has 0 spiro atoms. The smallest absolute Gasteiger partial charge is 0.169 e. The van der Waals surface area contributed by atoms with E-state index in [0.29, 0.717) is 6.61 Å². The zero-order chi connectivity index (χ0) is 13.8. The average Bonchev–Trinajstić information content (AvgIpc) is 2.73. The van der Waals surface area contributed by atoms with Crippen LogP contribution in [-0.2, 0) is 16.1 Å². The molecule has 4 nitrogen and oxygen atoms in total. The van der Waals surface area contributed by atoms with Gasteiger partial charge in [0.15, 0.2) is 5.16 Å². The summed E-state index contributed by atoms with van der Waals surface area (Å²) >= 11 is 1.50. The number of carbonyl (C=O) groups excluding carboxylic acids is 1. The van der Waals surface area contributed by atoms with Crippen LogP contribution in [0.25, 0.3) is 11.0 Å². The molecular formula is C14H18N2O2S. The summed E-state index contributed by atoms with van der Waals surface area (Å²) in [5.74, 6) is 0.162. The van der Waals surface area contributed by atoms with Crippen LogP contribution in [0.15, 0.2) is 29.4 Å². The first kappa shape index (κ1) is 14.1. The maximum absolute atomic E-state index is 11.4. The number of nitrogens with zero attached hydrogens (tertiary/aromatic N) is 2. The Morgan fingerprint density at radius 3 is 2.89 bits per heavy atom. The van der Waals surface area contributed by atoms with Gasteiger partial charge in [-0.25, -0.2) is 4.98 Å². The molecule has 0 saturated carbocycles. The van der Waals surface area contributed by atoms with Crippen LogP contribution in [0.4, 0.5) is 0 Å². The van der Waals surface area contributed by atoms with E-state index in [0.717, 1.165) is 22.7 Å². The largest absolute Gasteiger partial charge is 0.383 e. The average molecular weight is 278 g/mol. The van der Waals surface area contributed by atoms with Crippen LogP contribution in [0.2, 0.25) is 0 Å². The number of benzene rings is 1. The maximum atomic E-state index is 11.4. The van der Waals surface area contributed by atoms with E-state index < -0.39 is 0 Å². The number of ketones is 1. The predicted octanol–water partition coefficient (Wildman–Crippen LogP) is 2.75. The van der Waals surface area contributed by atoms with E-state index in [2.05, 4.69) is 9.55 Å². The van der Waals surface area contributed by atoms with E-state index in [1.807, 2.05) is 31.2 Å². The highest BCUT2D eigenvalue weighted by molar-refractivity contribution is 8.00. The number of imidazole rings is 1. The highest BCUT2D eigenvalue weighted by Crippen LogP contribution is 2.27. The first-order valence-electron chi connectivity index (χ1n) is 6.24. The minimum atomic E-state index is -0.0851. The number of fused-ring (bicyclic) bond motifs is 1. The van der Waals surface area contributed by atoms with Crippen LogP contribution in [0.5, 0.6) is 0 Å². The second kappa shape index (κ2) is 6.21. The molecule has 0 saturated heterocycles. The number of rotatable bonds is 6. The van der Waals surface area contributed by atoms with Gasteiger partial charge in [-0.1, -0.05) is 23.9 Å². The minimum Gasteiger partial charge on any atom is -0.383 e. The normalized spacial score (nSPS) is 12.8. The summed E-state index contributed by atoms with van der Waals surface area (Å²) in [6.45, 7) is 4.89. The molecule has 0 fully saturated rings. The van der Waals surface area contributed by atoms with Gasteiger partial charge >= 0.3 is 0 Å². The Morgan fingerprint density at radius 2 is 2.21 bits per heavy atom. The Bertz CT molecular complexity index is 580. The zero-order valence-corrected chi connectivity index (χ0v) is 12.2. The van der Waals surface area contributed by atoms with Gasteiger partial charge in [-0.2, -0.15) is 0 Å². The van der Waals surface area contributed by atoms with E-state index in [1.165, 1.54) is 11.8 Å². The van der Waals surface area contributed by atoms with Crippen molar-refractivity contribution in [3.05, 3.63) is 24.3 Å². The van der Waals surface area contributed by atoms with Gasteiger partial charge in [-0.15, -0.1) is 0 Å². The van der Waals surface area contributed by atoms with Gasteiger partial charge in [0.05, 0.1) is 22.9 Å². The monoisotopic (exact) mass is 278 g/mol. The van der Waals surface area contributed by atoms with Crippen LogP contribution >= 0.6 is 11.8 Å². The fraction of sp³-hybridized carbons (Fsp3) is 0.429. The third-order valence-electron chi connectivity index (χ3n) is 2.99. The molecule has 1 heterocycles. The van der Waals surface area contributed by atoms with E-state index in [4.69, 9.17) is 4.74 Å². The Morgan fingerprint density at radius 1 is 1.47 bits per heavy atom. The van der Waals surface area contributed by atoms with Gasteiger partial charge in [-0.05, 0) is 26.0 Å². The van der Waals surface area contributed by atoms with Gasteiger partial charge in [-0.3, -0.25) is 4.79 Å². The van der Waals surface area contributed by atoms with Gasteiger partial charge in [0, 0.05) is 13.7 Å². The van der Waals surface area contributed by atoms with Gasteiger partial charge in [0.2, 0.25) is 0 Å². The van der Waals surface area contributed by atoms with Gasteiger partial charge < -0.3 is 9.30 Å².